The summed E-state index contributed by atoms with van der Waals surface area (Å²) in [6.07, 6.45) is 6.50. The van der Waals surface area contributed by atoms with Crippen molar-refractivity contribution >= 4 is 17.4 Å². The van der Waals surface area contributed by atoms with Crippen molar-refractivity contribution in [2.45, 2.75) is 64.6 Å². The summed E-state index contributed by atoms with van der Waals surface area (Å²) in [6, 6.07) is 11.0. The monoisotopic (exact) mass is 449 g/mol. The summed E-state index contributed by atoms with van der Waals surface area (Å²) in [6.45, 7) is 7.93. The maximum atomic E-state index is 12.8. The quantitative estimate of drug-likeness (QED) is 0.750. The standard InChI is InChI=1S/C26H35N5O2/c1-18-15-21-5-3-4-6-24(21)31(18)25-16-22(28-19(2)29-25)17-27-26(32)20-7-9-23(10-8-20)30-11-13-33-14-12-30/h7-10,16,18,21,24H,3-6,11-15,17H2,1-2H3,(H,27,32). The molecule has 3 fully saturated rings. The summed E-state index contributed by atoms with van der Waals surface area (Å²) in [5.74, 6) is 2.48. The van der Waals surface area contributed by atoms with Crippen molar-refractivity contribution in [1.29, 1.82) is 0 Å². The van der Waals surface area contributed by atoms with Crippen LogP contribution in [-0.4, -0.2) is 54.3 Å². The van der Waals surface area contributed by atoms with Gasteiger partial charge in [0.05, 0.1) is 25.5 Å². The summed E-state index contributed by atoms with van der Waals surface area (Å²) >= 11 is 0. The number of rotatable bonds is 5. The molecule has 33 heavy (non-hydrogen) atoms. The van der Waals surface area contributed by atoms with Gasteiger partial charge in [0.15, 0.2) is 0 Å². The average molecular weight is 450 g/mol. The van der Waals surface area contributed by atoms with E-state index in [9.17, 15) is 4.79 Å². The normalized spacial score (nSPS) is 25.1. The summed E-state index contributed by atoms with van der Waals surface area (Å²) in [7, 11) is 0. The van der Waals surface area contributed by atoms with Gasteiger partial charge in [-0.05, 0) is 63.3 Å². The molecule has 2 aliphatic heterocycles. The number of aryl methyl sites for hydroxylation is 1. The number of carbonyl (C=O) groups excluding carboxylic acids is 1. The first-order chi connectivity index (χ1) is 16.1. The second kappa shape index (κ2) is 9.67. The van der Waals surface area contributed by atoms with Crippen molar-refractivity contribution in [2.24, 2.45) is 5.92 Å². The zero-order chi connectivity index (χ0) is 22.8. The van der Waals surface area contributed by atoms with E-state index in [0.29, 0.717) is 24.2 Å². The largest absolute Gasteiger partial charge is 0.378 e. The Bertz CT molecular complexity index is 973. The molecule has 176 valence electrons. The summed E-state index contributed by atoms with van der Waals surface area (Å²) in [4.78, 5) is 27.0. The fraction of sp³-hybridized carbons (Fsp3) is 0.577. The molecule has 0 radical (unpaired) electrons. The zero-order valence-corrected chi connectivity index (χ0v) is 19.8. The first kappa shape index (κ1) is 22.1. The van der Waals surface area contributed by atoms with Gasteiger partial charge in [0, 0.05) is 42.5 Å². The number of aromatic nitrogens is 2. The Labute approximate surface area is 196 Å². The number of anilines is 2. The third-order valence-corrected chi connectivity index (χ3v) is 7.42. The van der Waals surface area contributed by atoms with Crippen LogP contribution in [0.2, 0.25) is 0 Å². The third-order valence-electron chi connectivity index (χ3n) is 7.42. The van der Waals surface area contributed by atoms with E-state index in [1.54, 1.807) is 0 Å². The van der Waals surface area contributed by atoms with E-state index in [1.165, 1.54) is 32.1 Å². The van der Waals surface area contributed by atoms with Crippen molar-refractivity contribution in [2.75, 3.05) is 36.1 Å². The van der Waals surface area contributed by atoms with Crippen LogP contribution in [0.15, 0.2) is 30.3 Å². The molecule has 5 rings (SSSR count). The van der Waals surface area contributed by atoms with Crippen LogP contribution < -0.4 is 15.1 Å². The van der Waals surface area contributed by atoms with Crippen LogP contribution in [0.4, 0.5) is 11.5 Å². The zero-order valence-electron chi connectivity index (χ0n) is 19.8. The van der Waals surface area contributed by atoms with E-state index in [2.05, 4.69) is 33.1 Å². The van der Waals surface area contributed by atoms with Gasteiger partial charge in [-0.25, -0.2) is 9.97 Å². The van der Waals surface area contributed by atoms with Crippen LogP contribution >= 0.6 is 0 Å². The van der Waals surface area contributed by atoms with E-state index in [-0.39, 0.29) is 5.91 Å². The number of carbonyl (C=O) groups is 1. The minimum Gasteiger partial charge on any atom is -0.378 e. The minimum atomic E-state index is -0.0803. The molecular weight excluding hydrogens is 414 g/mol. The predicted octanol–water partition coefficient (Wildman–Crippen LogP) is 3.71. The lowest BCUT2D eigenvalue weighted by molar-refractivity contribution is 0.0950. The van der Waals surface area contributed by atoms with Crippen molar-refractivity contribution in [1.82, 2.24) is 15.3 Å². The van der Waals surface area contributed by atoms with E-state index in [1.807, 2.05) is 31.2 Å². The fourth-order valence-corrected chi connectivity index (χ4v) is 5.86. The van der Waals surface area contributed by atoms with Gasteiger partial charge in [-0.15, -0.1) is 0 Å². The number of amides is 1. The molecule has 2 aromatic rings. The maximum absolute atomic E-state index is 12.8. The molecule has 1 aromatic heterocycles. The lowest BCUT2D eigenvalue weighted by atomic mass is 9.85. The van der Waals surface area contributed by atoms with Gasteiger partial charge in [-0.1, -0.05) is 12.8 Å². The van der Waals surface area contributed by atoms with Crippen LogP contribution in [-0.2, 0) is 11.3 Å². The molecule has 1 N–H and O–H groups in total. The first-order valence-corrected chi connectivity index (χ1v) is 12.4. The van der Waals surface area contributed by atoms with Crippen molar-refractivity contribution in [3.63, 3.8) is 0 Å². The van der Waals surface area contributed by atoms with E-state index in [0.717, 1.165) is 55.2 Å². The molecule has 7 nitrogen and oxygen atoms in total. The molecular formula is C26H35N5O2. The van der Waals surface area contributed by atoms with Crippen LogP contribution in [0, 0.1) is 12.8 Å². The van der Waals surface area contributed by atoms with Crippen LogP contribution in [0.25, 0.3) is 0 Å². The SMILES string of the molecule is Cc1nc(CNC(=O)c2ccc(N3CCOCC3)cc2)cc(N2C(C)CC3CCCCC32)n1. The number of hydrogen-bond donors (Lipinski definition) is 1. The van der Waals surface area contributed by atoms with Crippen molar-refractivity contribution in [3.05, 3.63) is 47.4 Å². The highest BCUT2D eigenvalue weighted by Gasteiger charge is 2.40. The van der Waals surface area contributed by atoms with E-state index >= 15 is 0 Å². The first-order valence-electron chi connectivity index (χ1n) is 12.4. The number of nitrogens with zero attached hydrogens (tertiary/aromatic N) is 4. The summed E-state index contributed by atoms with van der Waals surface area (Å²) in [5.41, 5.74) is 2.66. The summed E-state index contributed by atoms with van der Waals surface area (Å²) in [5, 5.41) is 3.05. The van der Waals surface area contributed by atoms with Gasteiger partial charge in [0.25, 0.3) is 5.91 Å². The molecule has 0 bridgehead atoms. The Morgan fingerprint density at radius 1 is 1.12 bits per heavy atom. The third kappa shape index (κ3) is 4.83. The smallest absolute Gasteiger partial charge is 0.251 e. The minimum absolute atomic E-state index is 0.0803. The number of morpholine rings is 1. The van der Waals surface area contributed by atoms with E-state index < -0.39 is 0 Å². The molecule has 0 spiro atoms. The van der Waals surface area contributed by atoms with E-state index in [4.69, 9.17) is 9.72 Å². The maximum Gasteiger partial charge on any atom is 0.251 e. The lowest BCUT2D eigenvalue weighted by Crippen LogP contribution is -2.38. The molecule has 1 saturated carbocycles. The highest BCUT2D eigenvalue weighted by Crippen LogP contribution is 2.41. The second-order valence-electron chi connectivity index (χ2n) is 9.70. The Morgan fingerprint density at radius 3 is 2.67 bits per heavy atom. The molecule has 1 aromatic carbocycles. The van der Waals surface area contributed by atoms with Crippen molar-refractivity contribution < 1.29 is 9.53 Å². The van der Waals surface area contributed by atoms with Gasteiger partial charge in [-0.2, -0.15) is 0 Å². The Kier molecular flexibility index (Phi) is 6.49. The number of ether oxygens (including phenoxy) is 1. The lowest BCUT2D eigenvalue weighted by Gasteiger charge is -2.34. The molecule has 3 atom stereocenters. The summed E-state index contributed by atoms with van der Waals surface area (Å²) < 4.78 is 5.42. The number of hydrogen-bond acceptors (Lipinski definition) is 6. The van der Waals surface area contributed by atoms with Crippen LogP contribution in [0.3, 0.4) is 0 Å². The molecule has 1 aliphatic carbocycles. The Morgan fingerprint density at radius 2 is 1.88 bits per heavy atom. The molecule has 7 heteroatoms. The molecule has 2 saturated heterocycles. The van der Waals surface area contributed by atoms with Crippen LogP contribution in [0.5, 0.6) is 0 Å². The van der Waals surface area contributed by atoms with Gasteiger partial charge in [-0.3, -0.25) is 4.79 Å². The van der Waals surface area contributed by atoms with Gasteiger partial charge in [0.1, 0.15) is 11.6 Å². The second-order valence-corrected chi connectivity index (χ2v) is 9.70. The Balaban J connectivity index is 1.24. The van der Waals surface area contributed by atoms with Crippen molar-refractivity contribution in [3.8, 4) is 0 Å². The topological polar surface area (TPSA) is 70.6 Å². The Hall–Kier alpha value is -2.67. The van der Waals surface area contributed by atoms with Crippen LogP contribution in [0.1, 0.15) is 60.9 Å². The van der Waals surface area contributed by atoms with Gasteiger partial charge >= 0.3 is 0 Å². The van der Waals surface area contributed by atoms with Gasteiger partial charge < -0.3 is 19.9 Å². The molecule has 3 unspecified atom stereocenters. The molecule has 3 aliphatic rings. The number of nitrogens with one attached hydrogen (secondary N) is 1. The highest BCUT2D eigenvalue weighted by molar-refractivity contribution is 5.94. The predicted molar refractivity (Wildman–Crippen MR) is 130 cm³/mol. The number of benzene rings is 1. The fourth-order valence-electron chi connectivity index (χ4n) is 5.86. The number of fused-ring (bicyclic) bond motifs is 1. The molecule has 3 heterocycles. The highest BCUT2D eigenvalue weighted by atomic mass is 16.5. The van der Waals surface area contributed by atoms with Gasteiger partial charge in [0.2, 0.25) is 0 Å². The average Bonchev–Trinajstić information content (AvgIpc) is 3.18. The molecule has 1 amide bonds.